The lowest BCUT2D eigenvalue weighted by atomic mass is 9.93. The first-order valence-corrected chi connectivity index (χ1v) is 6.55. The first-order valence-electron chi connectivity index (χ1n) is 6.55. The van der Waals surface area contributed by atoms with E-state index in [4.69, 9.17) is 0 Å². The van der Waals surface area contributed by atoms with Crippen LogP contribution in [-0.4, -0.2) is 16.9 Å². The second kappa shape index (κ2) is 4.16. The second-order valence-corrected chi connectivity index (χ2v) is 5.24. The zero-order valence-electron chi connectivity index (χ0n) is 10.8. The first kappa shape index (κ1) is 11.3. The third kappa shape index (κ3) is 1.80. The summed E-state index contributed by atoms with van der Waals surface area (Å²) in [6.07, 6.45) is 3.48. The molecule has 1 saturated carbocycles. The van der Waals surface area contributed by atoms with Crippen molar-refractivity contribution >= 4 is 16.8 Å². The number of rotatable bonds is 2. The predicted octanol–water partition coefficient (Wildman–Crippen LogP) is 3.07. The third-order valence-corrected chi connectivity index (χ3v) is 4.01. The number of fused-ring (bicyclic) bond motifs is 1. The van der Waals surface area contributed by atoms with Crippen molar-refractivity contribution < 1.29 is 4.79 Å². The highest BCUT2D eigenvalue weighted by molar-refractivity contribution is 5.99. The van der Waals surface area contributed by atoms with Crippen molar-refractivity contribution in [3.63, 3.8) is 0 Å². The summed E-state index contributed by atoms with van der Waals surface area (Å²) in [5, 5.41) is 4.22. The van der Waals surface area contributed by atoms with Gasteiger partial charge in [0, 0.05) is 28.2 Å². The van der Waals surface area contributed by atoms with E-state index in [-0.39, 0.29) is 5.91 Å². The summed E-state index contributed by atoms with van der Waals surface area (Å²) in [4.78, 5) is 15.4. The van der Waals surface area contributed by atoms with E-state index in [0.717, 1.165) is 29.3 Å². The smallest absolute Gasteiger partial charge is 0.251 e. The van der Waals surface area contributed by atoms with Gasteiger partial charge in [0.2, 0.25) is 0 Å². The maximum Gasteiger partial charge on any atom is 0.251 e. The Morgan fingerprint density at radius 1 is 1.33 bits per heavy atom. The molecule has 0 unspecified atom stereocenters. The van der Waals surface area contributed by atoms with Gasteiger partial charge in [0.25, 0.3) is 5.91 Å². The topological polar surface area (TPSA) is 44.9 Å². The van der Waals surface area contributed by atoms with E-state index in [1.54, 1.807) is 0 Å². The minimum absolute atomic E-state index is 0.0554. The maximum atomic E-state index is 12.1. The molecule has 1 aliphatic carbocycles. The van der Waals surface area contributed by atoms with Crippen molar-refractivity contribution in [1.82, 2.24) is 10.3 Å². The molecule has 0 aliphatic heterocycles. The van der Waals surface area contributed by atoms with Crippen LogP contribution in [0.25, 0.3) is 10.9 Å². The van der Waals surface area contributed by atoms with Gasteiger partial charge in [0.15, 0.2) is 0 Å². The normalized spacial score (nSPS) is 15.7. The minimum atomic E-state index is 0.0554. The molecule has 0 radical (unpaired) electrons. The van der Waals surface area contributed by atoms with Crippen LogP contribution in [0.2, 0.25) is 0 Å². The van der Waals surface area contributed by atoms with Gasteiger partial charge in [0.05, 0.1) is 0 Å². The molecule has 18 heavy (non-hydrogen) atoms. The SMILES string of the molecule is Cc1[nH]c2ccc(C(=O)NC3CCC3)cc2c1C. The summed E-state index contributed by atoms with van der Waals surface area (Å²) >= 11 is 0. The molecule has 1 aromatic carbocycles. The Morgan fingerprint density at radius 3 is 2.78 bits per heavy atom. The Hall–Kier alpha value is -1.77. The van der Waals surface area contributed by atoms with E-state index in [2.05, 4.69) is 24.1 Å². The number of carbonyl (C=O) groups is 1. The molecule has 1 fully saturated rings. The Morgan fingerprint density at radius 2 is 2.11 bits per heavy atom. The van der Waals surface area contributed by atoms with Gasteiger partial charge in [-0.05, 0) is 56.9 Å². The molecule has 0 spiro atoms. The summed E-state index contributed by atoms with van der Waals surface area (Å²) < 4.78 is 0. The molecule has 1 aromatic heterocycles. The van der Waals surface area contributed by atoms with Gasteiger partial charge in [-0.3, -0.25) is 4.79 Å². The molecule has 0 bridgehead atoms. The summed E-state index contributed by atoms with van der Waals surface area (Å²) in [6, 6.07) is 6.26. The Bertz CT molecular complexity index is 608. The van der Waals surface area contributed by atoms with Gasteiger partial charge >= 0.3 is 0 Å². The van der Waals surface area contributed by atoms with Gasteiger partial charge in [-0.25, -0.2) is 0 Å². The molecule has 94 valence electrons. The zero-order chi connectivity index (χ0) is 12.7. The van der Waals surface area contributed by atoms with E-state index in [9.17, 15) is 4.79 Å². The molecule has 2 aromatic rings. The van der Waals surface area contributed by atoms with Crippen LogP contribution in [0.15, 0.2) is 18.2 Å². The lowest BCUT2D eigenvalue weighted by Gasteiger charge is -2.26. The van der Waals surface area contributed by atoms with Gasteiger partial charge in [-0.2, -0.15) is 0 Å². The molecule has 0 saturated heterocycles. The lowest BCUT2D eigenvalue weighted by molar-refractivity contribution is 0.0917. The van der Waals surface area contributed by atoms with E-state index in [0.29, 0.717) is 6.04 Å². The van der Waals surface area contributed by atoms with Gasteiger partial charge in [-0.1, -0.05) is 0 Å². The van der Waals surface area contributed by atoms with E-state index >= 15 is 0 Å². The quantitative estimate of drug-likeness (QED) is 0.835. The van der Waals surface area contributed by atoms with Gasteiger partial charge in [0.1, 0.15) is 0 Å². The minimum Gasteiger partial charge on any atom is -0.358 e. The summed E-state index contributed by atoms with van der Waals surface area (Å²) in [5.74, 6) is 0.0554. The fraction of sp³-hybridized carbons (Fsp3) is 0.400. The Labute approximate surface area is 107 Å². The number of aromatic nitrogens is 1. The van der Waals surface area contributed by atoms with Gasteiger partial charge < -0.3 is 10.3 Å². The number of aryl methyl sites for hydroxylation is 2. The molecular formula is C15H18N2O. The predicted molar refractivity (Wildman–Crippen MR) is 72.9 cm³/mol. The summed E-state index contributed by atoms with van der Waals surface area (Å²) in [5.41, 5.74) is 4.26. The van der Waals surface area contributed by atoms with E-state index in [1.165, 1.54) is 17.7 Å². The molecule has 1 heterocycles. The lowest BCUT2D eigenvalue weighted by Crippen LogP contribution is -2.39. The number of nitrogens with one attached hydrogen (secondary N) is 2. The van der Waals surface area contributed by atoms with Crippen molar-refractivity contribution in [2.24, 2.45) is 0 Å². The number of H-pyrrole nitrogens is 1. The fourth-order valence-electron chi connectivity index (χ4n) is 2.42. The van der Waals surface area contributed by atoms with Crippen LogP contribution in [0.1, 0.15) is 40.9 Å². The van der Waals surface area contributed by atoms with Crippen LogP contribution in [-0.2, 0) is 0 Å². The average molecular weight is 242 g/mol. The third-order valence-electron chi connectivity index (χ3n) is 4.01. The van der Waals surface area contributed by atoms with Gasteiger partial charge in [-0.15, -0.1) is 0 Å². The second-order valence-electron chi connectivity index (χ2n) is 5.24. The highest BCUT2D eigenvalue weighted by Gasteiger charge is 2.20. The fourth-order valence-corrected chi connectivity index (χ4v) is 2.42. The Balaban J connectivity index is 1.91. The molecule has 2 N–H and O–H groups in total. The largest absolute Gasteiger partial charge is 0.358 e. The van der Waals surface area contributed by atoms with Crippen molar-refractivity contribution in [2.45, 2.75) is 39.2 Å². The summed E-state index contributed by atoms with van der Waals surface area (Å²) in [7, 11) is 0. The molecular weight excluding hydrogens is 224 g/mol. The number of carbonyl (C=O) groups excluding carboxylic acids is 1. The number of benzene rings is 1. The molecule has 3 rings (SSSR count). The zero-order valence-corrected chi connectivity index (χ0v) is 10.8. The monoisotopic (exact) mass is 242 g/mol. The Kier molecular flexibility index (Phi) is 2.62. The first-order chi connectivity index (χ1) is 8.65. The van der Waals surface area contributed by atoms with Crippen LogP contribution in [0.5, 0.6) is 0 Å². The summed E-state index contributed by atoms with van der Waals surface area (Å²) in [6.45, 7) is 4.14. The van der Waals surface area contributed by atoms with E-state index < -0.39 is 0 Å². The van der Waals surface area contributed by atoms with Crippen LogP contribution >= 0.6 is 0 Å². The highest BCUT2D eigenvalue weighted by Crippen LogP contribution is 2.23. The molecule has 1 amide bonds. The van der Waals surface area contributed by atoms with Crippen molar-refractivity contribution in [1.29, 1.82) is 0 Å². The molecule has 3 nitrogen and oxygen atoms in total. The maximum absolute atomic E-state index is 12.1. The number of amides is 1. The average Bonchev–Trinajstić information content (AvgIpc) is 2.59. The van der Waals surface area contributed by atoms with Crippen LogP contribution in [0.3, 0.4) is 0 Å². The molecule has 0 atom stereocenters. The van der Waals surface area contributed by atoms with Crippen molar-refractivity contribution in [2.75, 3.05) is 0 Å². The highest BCUT2D eigenvalue weighted by atomic mass is 16.1. The van der Waals surface area contributed by atoms with Crippen LogP contribution < -0.4 is 5.32 Å². The van der Waals surface area contributed by atoms with Crippen molar-refractivity contribution in [3.05, 3.63) is 35.0 Å². The van der Waals surface area contributed by atoms with Crippen LogP contribution in [0.4, 0.5) is 0 Å². The number of hydrogen-bond acceptors (Lipinski definition) is 1. The number of aromatic amines is 1. The van der Waals surface area contributed by atoms with Crippen molar-refractivity contribution in [3.8, 4) is 0 Å². The molecule has 1 aliphatic rings. The standard InChI is InChI=1S/C15H18N2O/c1-9-10(2)16-14-7-6-11(8-13(9)14)15(18)17-12-4-3-5-12/h6-8,12,16H,3-5H2,1-2H3,(H,17,18). The van der Waals surface area contributed by atoms with E-state index in [1.807, 2.05) is 18.2 Å². The number of hydrogen-bond donors (Lipinski definition) is 2. The molecule has 3 heteroatoms. The van der Waals surface area contributed by atoms with Crippen LogP contribution in [0, 0.1) is 13.8 Å².